The number of nitrogens with zero attached hydrogens (tertiary/aromatic N) is 1. The molecule has 4 heteroatoms. The molecule has 1 atom stereocenters. The van der Waals surface area contributed by atoms with Gasteiger partial charge in [-0.2, -0.15) is 0 Å². The maximum Gasteiger partial charge on any atom is 0.306 e. The molecule has 1 saturated heterocycles. The Kier molecular flexibility index (Phi) is 4.07. The standard InChI is InChI=1S/C14H19NO3/c1-18-13-7-3-2-6-12(13)15-9-4-5-11(8-10-15)14(16)17/h2-3,6-7,11H,4-5,8-10H2,1H3,(H,16,17). The third kappa shape index (κ3) is 2.75. The van der Waals surface area contributed by atoms with Crippen LogP contribution in [-0.2, 0) is 4.79 Å². The highest BCUT2D eigenvalue weighted by Crippen LogP contribution is 2.30. The maximum absolute atomic E-state index is 11.0. The largest absolute Gasteiger partial charge is 0.495 e. The lowest BCUT2D eigenvalue weighted by Crippen LogP contribution is -2.25. The number of para-hydroxylation sites is 2. The Labute approximate surface area is 107 Å². The quantitative estimate of drug-likeness (QED) is 0.893. The molecule has 18 heavy (non-hydrogen) atoms. The van der Waals surface area contributed by atoms with Gasteiger partial charge in [0.2, 0.25) is 0 Å². The topological polar surface area (TPSA) is 49.8 Å². The van der Waals surface area contributed by atoms with Crippen molar-refractivity contribution >= 4 is 11.7 Å². The number of carboxylic acids is 1. The number of ether oxygens (including phenoxy) is 1. The van der Waals surface area contributed by atoms with Gasteiger partial charge >= 0.3 is 5.97 Å². The Hall–Kier alpha value is -1.71. The molecule has 0 spiro atoms. The van der Waals surface area contributed by atoms with Crippen LogP contribution < -0.4 is 9.64 Å². The molecule has 98 valence electrons. The first-order valence-electron chi connectivity index (χ1n) is 6.33. The number of hydrogen-bond donors (Lipinski definition) is 1. The van der Waals surface area contributed by atoms with Crippen molar-refractivity contribution in [3.63, 3.8) is 0 Å². The summed E-state index contributed by atoms with van der Waals surface area (Å²) in [5.41, 5.74) is 1.06. The van der Waals surface area contributed by atoms with E-state index in [-0.39, 0.29) is 5.92 Å². The van der Waals surface area contributed by atoms with E-state index in [1.165, 1.54) is 0 Å². The summed E-state index contributed by atoms with van der Waals surface area (Å²) >= 11 is 0. The van der Waals surface area contributed by atoms with Gasteiger partial charge in [0.05, 0.1) is 18.7 Å². The van der Waals surface area contributed by atoms with Crippen molar-refractivity contribution in [3.05, 3.63) is 24.3 Å². The molecule has 1 aromatic carbocycles. The summed E-state index contributed by atoms with van der Waals surface area (Å²) < 4.78 is 5.36. The molecule has 2 rings (SSSR count). The fraction of sp³-hybridized carbons (Fsp3) is 0.500. The van der Waals surface area contributed by atoms with Crippen LogP contribution in [0.5, 0.6) is 5.75 Å². The van der Waals surface area contributed by atoms with E-state index in [9.17, 15) is 4.79 Å². The van der Waals surface area contributed by atoms with Crippen molar-refractivity contribution in [1.29, 1.82) is 0 Å². The number of carboxylic acid groups (broad SMARTS) is 1. The van der Waals surface area contributed by atoms with Crippen LogP contribution in [0.2, 0.25) is 0 Å². The number of methoxy groups -OCH3 is 1. The zero-order valence-electron chi connectivity index (χ0n) is 10.6. The number of carbonyl (C=O) groups is 1. The van der Waals surface area contributed by atoms with E-state index in [1.807, 2.05) is 24.3 Å². The predicted molar refractivity (Wildman–Crippen MR) is 70.2 cm³/mol. The predicted octanol–water partition coefficient (Wildman–Crippen LogP) is 2.39. The molecule has 1 unspecified atom stereocenters. The van der Waals surface area contributed by atoms with Crippen LogP contribution in [0.1, 0.15) is 19.3 Å². The highest BCUT2D eigenvalue weighted by molar-refractivity contribution is 5.70. The molecular weight excluding hydrogens is 230 g/mol. The smallest absolute Gasteiger partial charge is 0.306 e. The molecule has 0 bridgehead atoms. The molecule has 1 heterocycles. The normalized spacial score (nSPS) is 20.3. The molecule has 0 amide bonds. The summed E-state index contributed by atoms with van der Waals surface area (Å²) in [7, 11) is 1.66. The summed E-state index contributed by atoms with van der Waals surface area (Å²) in [5, 5.41) is 9.08. The molecule has 1 aromatic rings. The zero-order valence-corrected chi connectivity index (χ0v) is 10.6. The van der Waals surface area contributed by atoms with Gasteiger partial charge in [-0.25, -0.2) is 0 Å². The summed E-state index contributed by atoms with van der Waals surface area (Å²) in [5.74, 6) is -0.0205. The molecule has 0 aliphatic carbocycles. The van der Waals surface area contributed by atoms with Gasteiger partial charge in [-0.3, -0.25) is 4.79 Å². The molecular formula is C14H19NO3. The van der Waals surface area contributed by atoms with E-state index in [2.05, 4.69) is 4.90 Å². The van der Waals surface area contributed by atoms with Gasteiger partial charge in [0, 0.05) is 13.1 Å². The number of benzene rings is 1. The van der Waals surface area contributed by atoms with Crippen LogP contribution in [0.15, 0.2) is 24.3 Å². The van der Waals surface area contributed by atoms with Crippen LogP contribution in [0.3, 0.4) is 0 Å². The van der Waals surface area contributed by atoms with Crippen LogP contribution in [0, 0.1) is 5.92 Å². The monoisotopic (exact) mass is 249 g/mol. The van der Waals surface area contributed by atoms with Gasteiger partial charge in [0.15, 0.2) is 0 Å². The Morgan fingerprint density at radius 1 is 1.33 bits per heavy atom. The summed E-state index contributed by atoms with van der Waals surface area (Å²) in [6.45, 7) is 1.67. The van der Waals surface area contributed by atoms with Crippen molar-refractivity contribution in [2.45, 2.75) is 19.3 Å². The second-order valence-corrected chi connectivity index (χ2v) is 4.62. The van der Waals surface area contributed by atoms with E-state index < -0.39 is 5.97 Å². The second kappa shape index (κ2) is 5.76. The molecule has 1 aliphatic heterocycles. The van der Waals surface area contributed by atoms with E-state index in [0.717, 1.165) is 37.4 Å². The van der Waals surface area contributed by atoms with Crippen LogP contribution in [0.4, 0.5) is 5.69 Å². The lowest BCUT2D eigenvalue weighted by atomic mass is 10.0. The minimum atomic E-state index is -0.670. The first-order valence-corrected chi connectivity index (χ1v) is 6.33. The average molecular weight is 249 g/mol. The number of rotatable bonds is 3. The van der Waals surface area contributed by atoms with Gasteiger partial charge in [-0.15, -0.1) is 0 Å². The minimum absolute atomic E-state index is 0.204. The third-order valence-electron chi connectivity index (χ3n) is 3.50. The SMILES string of the molecule is COc1ccccc1N1CCCC(C(=O)O)CC1. The summed E-state index contributed by atoms with van der Waals surface area (Å²) in [6.07, 6.45) is 2.38. The van der Waals surface area contributed by atoms with Gasteiger partial charge < -0.3 is 14.7 Å². The van der Waals surface area contributed by atoms with Gasteiger partial charge in [0.25, 0.3) is 0 Å². The maximum atomic E-state index is 11.0. The van der Waals surface area contributed by atoms with Crippen LogP contribution in [0.25, 0.3) is 0 Å². The molecule has 0 saturated carbocycles. The van der Waals surface area contributed by atoms with E-state index in [1.54, 1.807) is 7.11 Å². The summed E-state index contributed by atoms with van der Waals surface area (Å²) in [4.78, 5) is 13.3. The Morgan fingerprint density at radius 2 is 2.11 bits per heavy atom. The third-order valence-corrected chi connectivity index (χ3v) is 3.50. The Morgan fingerprint density at radius 3 is 2.83 bits per heavy atom. The molecule has 0 radical (unpaired) electrons. The fourth-order valence-corrected chi connectivity index (χ4v) is 2.48. The van der Waals surface area contributed by atoms with Crippen molar-refractivity contribution in [2.24, 2.45) is 5.92 Å². The van der Waals surface area contributed by atoms with Crippen molar-refractivity contribution < 1.29 is 14.6 Å². The van der Waals surface area contributed by atoms with E-state index in [4.69, 9.17) is 9.84 Å². The van der Waals surface area contributed by atoms with Gasteiger partial charge in [-0.05, 0) is 31.4 Å². The van der Waals surface area contributed by atoms with Crippen molar-refractivity contribution in [1.82, 2.24) is 0 Å². The molecule has 4 nitrogen and oxygen atoms in total. The molecule has 0 aromatic heterocycles. The van der Waals surface area contributed by atoms with Gasteiger partial charge in [0.1, 0.15) is 5.75 Å². The Balaban J connectivity index is 2.12. The molecule has 1 aliphatic rings. The number of aliphatic carboxylic acids is 1. The lowest BCUT2D eigenvalue weighted by molar-refractivity contribution is -0.142. The molecule has 1 N–H and O–H groups in total. The van der Waals surface area contributed by atoms with Crippen molar-refractivity contribution in [3.8, 4) is 5.75 Å². The zero-order chi connectivity index (χ0) is 13.0. The fourth-order valence-electron chi connectivity index (χ4n) is 2.48. The average Bonchev–Trinajstić information content (AvgIpc) is 2.64. The number of anilines is 1. The van der Waals surface area contributed by atoms with Crippen LogP contribution in [-0.4, -0.2) is 31.3 Å². The molecule has 1 fully saturated rings. The van der Waals surface area contributed by atoms with E-state index in [0.29, 0.717) is 6.42 Å². The first-order chi connectivity index (χ1) is 8.72. The van der Waals surface area contributed by atoms with Gasteiger partial charge in [-0.1, -0.05) is 12.1 Å². The summed E-state index contributed by atoms with van der Waals surface area (Å²) in [6, 6.07) is 7.90. The lowest BCUT2D eigenvalue weighted by Gasteiger charge is -2.24. The first kappa shape index (κ1) is 12.7. The highest BCUT2D eigenvalue weighted by atomic mass is 16.5. The van der Waals surface area contributed by atoms with Crippen LogP contribution >= 0.6 is 0 Å². The highest BCUT2D eigenvalue weighted by Gasteiger charge is 2.23. The minimum Gasteiger partial charge on any atom is -0.495 e. The van der Waals surface area contributed by atoms with Crippen molar-refractivity contribution in [2.75, 3.05) is 25.1 Å². The Bertz CT molecular complexity index is 419. The second-order valence-electron chi connectivity index (χ2n) is 4.62. The van der Waals surface area contributed by atoms with E-state index >= 15 is 0 Å². The number of hydrogen-bond acceptors (Lipinski definition) is 3.